The standard InChI is InChI=1S/C22H30N2O4/c1-22(2,3)24(21(26)17-27-4)16-20(25)23(15-19-11-8-14-28-19)13-12-18-9-6-5-7-10-18/h5-11,14H,12-13,15-17H2,1-4H3. The molecule has 6 nitrogen and oxygen atoms in total. The van der Waals surface area contributed by atoms with Crippen LogP contribution in [0.25, 0.3) is 0 Å². The minimum absolute atomic E-state index is 0.00118. The lowest BCUT2D eigenvalue weighted by atomic mass is 10.1. The molecule has 28 heavy (non-hydrogen) atoms. The maximum atomic E-state index is 13.1. The largest absolute Gasteiger partial charge is 0.467 e. The van der Waals surface area contributed by atoms with Gasteiger partial charge in [0, 0.05) is 19.2 Å². The molecule has 152 valence electrons. The first-order valence-corrected chi connectivity index (χ1v) is 9.44. The second-order valence-electron chi connectivity index (χ2n) is 7.71. The van der Waals surface area contributed by atoms with Crippen LogP contribution in [0.4, 0.5) is 0 Å². The van der Waals surface area contributed by atoms with Gasteiger partial charge in [-0.3, -0.25) is 9.59 Å². The van der Waals surface area contributed by atoms with Crippen molar-refractivity contribution < 1.29 is 18.7 Å². The molecule has 0 spiro atoms. The fourth-order valence-electron chi connectivity index (χ4n) is 2.93. The van der Waals surface area contributed by atoms with Gasteiger partial charge in [0.2, 0.25) is 11.8 Å². The van der Waals surface area contributed by atoms with Gasteiger partial charge in [-0.1, -0.05) is 30.3 Å². The molecule has 0 aliphatic heterocycles. The molecule has 0 fully saturated rings. The molecule has 0 saturated heterocycles. The summed E-state index contributed by atoms with van der Waals surface area (Å²) in [7, 11) is 1.48. The van der Waals surface area contributed by atoms with E-state index in [0.29, 0.717) is 18.8 Å². The number of hydrogen-bond acceptors (Lipinski definition) is 4. The van der Waals surface area contributed by atoms with E-state index in [1.807, 2.05) is 57.2 Å². The summed E-state index contributed by atoms with van der Waals surface area (Å²) in [5.41, 5.74) is 0.670. The van der Waals surface area contributed by atoms with Gasteiger partial charge in [-0.05, 0) is 44.9 Å². The highest BCUT2D eigenvalue weighted by atomic mass is 16.5. The molecule has 0 N–H and O–H groups in total. The number of rotatable bonds is 9. The number of carbonyl (C=O) groups excluding carboxylic acids is 2. The van der Waals surface area contributed by atoms with Gasteiger partial charge >= 0.3 is 0 Å². The minimum Gasteiger partial charge on any atom is -0.467 e. The molecule has 2 aromatic rings. The third-order valence-electron chi connectivity index (χ3n) is 4.46. The van der Waals surface area contributed by atoms with Crippen LogP contribution in [0.2, 0.25) is 0 Å². The highest BCUT2D eigenvalue weighted by molar-refractivity contribution is 5.86. The topological polar surface area (TPSA) is 63.0 Å². The Morgan fingerprint density at radius 3 is 2.32 bits per heavy atom. The Morgan fingerprint density at radius 2 is 1.75 bits per heavy atom. The van der Waals surface area contributed by atoms with Crippen LogP contribution in [0, 0.1) is 0 Å². The third kappa shape index (κ3) is 6.53. The van der Waals surface area contributed by atoms with Crippen LogP contribution in [0.5, 0.6) is 0 Å². The Bertz CT molecular complexity index is 736. The van der Waals surface area contributed by atoms with Crippen molar-refractivity contribution in [3.8, 4) is 0 Å². The monoisotopic (exact) mass is 386 g/mol. The number of hydrogen-bond donors (Lipinski definition) is 0. The first kappa shape index (κ1) is 21.7. The molecule has 0 aliphatic rings. The summed E-state index contributed by atoms with van der Waals surface area (Å²) in [4.78, 5) is 28.9. The quantitative estimate of drug-likeness (QED) is 0.664. The van der Waals surface area contributed by atoms with Crippen molar-refractivity contribution >= 4 is 11.8 Å². The van der Waals surface area contributed by atoms with Crippen LogP contribution < -0.4 is 0 Å². The van der Waals surface area contributed by atoms with Crippen molar-refractivity contribution in [2.45, 2.75) is 39.3 Å². The fourth-order valence-corrected chi connectivity index (χ4v) is 2.93. The lowest BCUT2D eigenvalue weighted by Gasteiger charge is -2.36. The van der Waals surface area contributed by atoms with Crippen LogP contribution in [-0.2, 0) is 27.3 Å². The van der Waals surface area contributed by atoms with E-state index in [1.165, 1.54) is 7.11 Å². The Balaban J connectivity index is 2.12. The first-order chi connectivity index (χ1) is 13.3. The van der Waals surface area contributed by atoms with Gasteiger partial charge in [0.25, 0.3) is 0 Å². The van der Waals surface area contributed by atoms with E-state index in [-0.39, 0.29) is 25.0 Å². The maximum Gasteiger partial charge on any atom is 0.249 e. The molecule has 1 aromatic heterocycles. The molecule has 0 saturated carbocycles. The molecule has 0 aliphatic carbocycles. The second-order valence-corrected chi connectivity index (χ2v) is 7.71. The van der Waals surface area contributed by atoms with E-state index in [4.69, 9.17) is 9.15 Å². The van der Waals surface area contributed by atoms with Gasteiger partial charge in [0.05, 0.1) is 12.8 Å². The molecular formula is C22H30N2O4. The number of benzene rings is 1. The van der Waals surface area contributed by atoms with Crippen molar-refractivity contribution in [2.24, 2.45) is 0 Å². The lowest BCUT2D eigenvalue weighted by molar-refractivity contribution is -0.147. The van der Waals surface area contributed by atoms with Gasteiger partial charge in [0.1, 0.15) is 18.9 Å². The third-order valence-corrected chi connectivity index (χ3v) is 4.46. The second kappa shape index (κ2) is 10.1. The van der Waals surface area contributed by atoms with E-state index in [2.05, 4.69) is 0 Å². The molecule has 1 heterocycles. The van der Waals surface area contributed by atoms with E-state index < -0.39 is 5.54 Å². The lowest BCUT2D eigenvalue weighted by Crippen LogP contribution is -2.52. The summed E-state index contributed by atoms with van der Waals surface area (Å²) in [6.07, 6.45) is 2.33. The van der Waals surface area contributed by atoms with Crippen LogP contribution in [-0.4, -0.2) is 54.0 Å². The molecule has 0 atom stereocenters. The summed E-state index contributed by atoms with van der Waals surface area (Å²) in [5, 5.41) is 0. The zero-order valence-corrected chi connectivity index (χ0v) is 17.2. The fraction of sp³-hybridized carbons (Fsp3) is 0.455. The van der Waals surface area contributed by atoms with E-state index in [0.717, 1.165) is 12.0 Å². The van der Waals surface area contributed by atoms with E-state index >= 15 is 0 Å². The van der Waals surface area contributed by atoms with Crippen LogP contribution in [0.15, 0.2) is 53.1 Å². The summed E-state index contributed by atoms with van der Waals surface area (Å²) in [5.74, 6) is 0.392. The molecule has 6 heteroatoms. The summed E-state index contributed by atoms with van der Waals surface area (Å²) >= 11 is 0. The van der Waals surface area contributed by atoms with E-state index in [1.54, 1.807) is 22.1 Å². The number of amides is 2. The van der Waals surface area contributed by atoms with Crippen LogP contribution in [0.1, 0.15) is 32.1 Å². The Morgan fingerprint density at radius 1 is 1.04 bits per heavy atom. The molecular weight excluding hydrogens is 356 g/mol. The minimum atomic E-state index is -0.485. The summed E-state index contributed by atoms with van der Waals surface area (Å²) in [6, 6.07) is 13.7. The summed E-state index contributed by atoms with van der Waals surface area (Å²) in [6.45, 7) is 6.60. The van der Waals surface area contributed by atoms with Crippen molar-refractivity contribution in [1.29, 1.82) is 0 Å². The van der Waals surface area contributed by atoms with Gasteiger partial charge in [0.15, 0.2) is 0 Å². The summed E-state index contributed by atoms with van der Waals surface area (Å²) < 4.78 is 10.4. The average molecular weight is 386 g/mol. The van der Waals surface area contributed by atoms with Crippen molar-refractivity contribution in [3.63, 3.8) is 0 Å². The normalized spacial score (nSPS) is 11.3. The van der Waals surface area contributed by atoms with Gasteiger partial charge < -0.3 is 19.0 Å². The van der Waals surface area contributed by atoms with Crippen molar-refractivity contribution in [1.82, 2.24) is 9.80 Å². The SMILES string of the molecule is COCC(=O)N(CC(=O)N(CCc1ccccc1)Cc1ccco1)C(C)(C)C. The van der Waals surface area contributed by atoms with Gasteiger partial charge in [-0.15, -0.1) is 0 Å². The number of nitrogens with zero attached hydrogens (tertiary/aromatic N) is 2. The molecule has 2 rings (SSSR count). The maximum absolute atomic E-state index is 13.1. The van der Waals surface area contributed by atoms with Gasteiger partial charge in [-0.2, -0.15) is 0 Å². The van der Waals surface area contributed by atoms with Crippen molar-refractivity contribution in [2.75, 3.05) is 26.8 Å². The molecule has 2 amide bonds. The van der Waals surface area contributed by atoms with Crippen LogP contribution in [0.3, 0.4) is 0 Å². The molecule has 0 unspecified atom stereocenters. The zero-order chi connectivity index (χ0) is 20.6. The predicted molar refractivity (Wildman–Crippen MR) is 108 cm³/mol. The number of carbonyl (C=O) groups is 2. The van der Waals surface area contributed by atoms with Gasteiger partial charge in [-0.25, -0.2) is 0 Å². The van der Waals surface area contributed by atoms with E-state index in [9.17, 15) is 9.59 Å². The Hall–Kier alpha value is -2.60. The Labute approximate surface area is 167 Å². The number of methoxy groups -OCH3 is 1. The van der Waals surface area contributed by atoms with Crippen molar-refractivity contribution in [3.05, 3.63) is 60.1 Å². The number of furan rings is 1. The Kier molecular flexibility index (Phi) is 7.81. The predicted octanol–water partition coefficient (Wildman–Crippen LogP) is 3.12. The molecule has 1 aromatic carbocycles. The average Bonchev–Trinajstić information content (AvgIpc) is 3.16. The first-order valence-electron chi connectivity index (χ1n) is 9.44. The zero-order valence-electron chi connectivity index (χ0n) is 17.2. The smallest absolute Gasteiger partial charge is 0.249 e. The molecule has 0 bridgehead atoms. The molecule has 0 radical (unpaired) electrons. The highest BCUT2D eigenvalue weighted by Gasteiger charge is 2.30. The number of ether oxygens (including phenoxy) is 1. The van der Waals surface area contributed by atoms with Crippen LogP contribution >= 0.6 is 0 Å². The highest BCUT2D eigenvalue weighted by Crippen LogP contribution is 2.15.